The molecule has 0 spiro atoms. The van der Waals surface area contributed by atoms with E-state index in [1.54, 1.807) is 30.9 Å². The summed E-state index contributed by atoms with van der Waals surface area (Å²) in [4.78, 5) is 6.00. The molecular formula is C21H23F3N4NaO. The summed E-state index contributed by atoms with van der Waals surface area (Å²) in [7, 11) is 0. The number of hydrogen-bond donors (Lipinski definition) is 1. The van der Waals surface area contributed by atoms with Crippen LogP contribution in [0.15, 0.2) is 42.5 Å². The molecule has 1 unspecified atom stereocenters. The SMILES string of the molecule is CCN(c1ccc(C#N)c(C(F)(F)F)c1)C1CC(CO)=C(n2ccnc2)C1(C)C.[Na]. The van der Waals surface area contributed by atoms with Crippen LogP contribution < -0.4 is 4.90 Å². The molecule has 155 valence electrons. The predicted octanol–water partition coefficient (Wildman–Crippen LogP) is 3.92. The number of nitriles is 1. The van der Waals surface area contributed by atoms with Gasteiger partial charge in [0.2, 0.25) is 0 Å². The number of aliphatic hydroxyl groups excluding tert-OH is 1. The number of alkyl halides is 3. The molecule has 5 nitrogen and oxygen atoms in total. The summed E-state index contributed by atoms with van der Waals surface area (Å²) in [6, 6.07) is 5.28. The number of anilines is 1. The maximum Gasteiger partial charge on any atom is 0.417 e. The second kappa shape index (κ2) is 9.15. The second-order valence-corrected chi connectivity index (χ2v) is 7.65. The van der Waals surface area contributed by atoms with E-state index in [0.717, 1.165) is 17.3 Å². The first kappa shape index (κ1) is 24.5. The molecule has 1 aromatic carbocycles. The molecule has 0 saturated carbocycles. The minimum Gasteiger partial charge on any atom is -0.392 e. The van der Waals surface area contributed by atoms with Gasteiger partial charge in [0.1, 0.15) is 0 Å². The molecule has 9 heteroatoms. The third-order valence-corrected chi connectivity index (χ3v) is 5.65. The summed E-state index contributed by atoms with van der Waals surface area (Å²) < 4.78 is 42.2. The van der Waals surface area contributed by atoms with E-state index in [2.05, 4.69) is 4.98 Å². The number of benzene rings is 1. The molecule has 0 bridgehead atoms. The Labute approximate surface area is 196 Å². The maximum atomic E-state index is 13.5. The fourth-order valence-electron chi connectivity index (χ4n) is 4.37. The van der Waals surface area contributed by atoms with Crippen molar-refractivity contribution in [3.63, 3.8) is 0 Å². The van der Waals surface area contributed by atoms with Crippen LogP contribution in [0.3, 0.4) is 0 Å². The van der Waals surface area contributed by atoms with Crippen LogP contribution in [-0.4, -0.2) is 63.4 Å². The van der Waals surface area contributed by atoms with Crippen molar-refractivity contribution in [1.29, 1.82) is 5.26 Å². The van der Waals surface area contributed by atoms with Crippen LogP contribution in [0.25, 0.3) is 5.70 Å². The van der Waals surface area contributed by atoms with E-state index in [1.807, 2.05) is 30.2 Å². The smallest absolute Gasteiger partial charge is 0.392 e. The van der Waals surface area contributed by atoms with Crippen LogP contribution in [0, 0.1) is 16.7 Å². The van der Waals surface area contributed by atoms with E-state index in [9.17, 15) is 18.3 Å². The number of nitrogens with zero attached hydrogens (tertiary/aromatic N) is 4. The summed E-state index contributed by atoms with van der Waals surface area (Å²) >= 11 is 0. The maximum absolute atomic E-state index is 13.5. The summed E-state index contributed by atoms with van der Waals surface area (Å²) in [6.45, 7) is 6.27. The number of aromatic nitrogens is 2. The van der Waals surface area contributed by atoms with Crippen LogP contribution in [0.2, 0.25) is 0 Å². The first-order valence-electron chi connectivity index (χ1n) is 9.34. The molecule has 1 atom stereocenters. The molecule has 1 radical (unpaired) electrons. The zero-order chi connectivity index (χ0) is 21.4. The van der Waals surface area contributed by atoms with Gasteiger partial charge in [0.05, 0.1) is 30.1 Å². The molecule has 1 heterocycles. The summed E-state index contributed by atoms with van der Waals surface area (Å²) in [6.07, 6.45) is 1.03. The fraction of sp³-hybridized carbons (Fsp3) is 0.429. The third kappa shape index (κ3) is 4.30. The average molecular weight is 427 g/mol. The summed E-state index contributed by atoms with van der Waals surface area (Å²) in [5.74, 6) is 0. The van der Waals surface area contributed by atoms with Gasteiger partial charge in [0.25, 0.3) is 0 Å². The minimum absolute atomic E-state index is 0. The van der Waals surface area contributed by atoms with E-state index >= 15 is 0 Å². The molecule has 1 aliphatic rings. The van der Waals surface area contributed by atoms with Crippen molar-refractivity contribution < 1.29 is 18.3 Å². The predicted molar refractivity (Wildman–Crippen MR) is 110 cm³/mol. The first-order valence-corrected chi connectivity index (χ1v) is 9.34. The molecule has 30 heavy (non-hydrogen) atoms. The number of halogens is 3. The van der Waals surface area contributed by atoms with Crippen molar-refractivity contribution in [2.24, 2.45) is 5.41 Å². The second-order valence-electron chi connectivity index (χ2n) is 7.65. The van der Waals surface area contributed by atoms with Crippen LogP contribution in [-0.2, 0) is 6.18 Å². The number of imidazole rings is 1. The van der Waals surface area contributed by atoms with Gasteiger partial charge in [-0.2, -0.15) is 18.4 Å². The summed E-state index contributed by atoms with van der Waals surface area (Å²) in [5, 5.41) is 19.0. The third-order valence-electron chi connectivity index (χ3n) is 5.65. The van der Waals surface area contributed by atoms with Gasteiger partial charge in [0, 0.05) is 71.3 Å². The average Bonchev–Trinajstić information content (AvgIpc) is 3.27. The van der Waals surface area contributed by atoms with E-state index in [0.29, 0.717) is 18.7 Å². The van der Waals surface area contributed by atoms with Crippen molar-refractivity contribution in [2.75, 3.05) is 18.1 Å². The Morgan fingerprint density at radius 1 is 1.37 bits per heavy atom. The largest absolute Gasteiger partial charge is 0.417 e. The Kier molecular flexibility index (Phi) is 7.46. The molecule has 0 saturated heterocycles. The molecular weight excluding hydrogens is 404 g/mol. The van der Waals surface area contributed by atoms with E-state index < -0.39 is 22.7 Å². The zero-order valence-corrected chi connectivity index (χ0v) is 19.5. The normalized spacial score (nSPS) is 18.1. The molecule has 2 aromatic rings. The van der Waals surface area contributed by atoms with E-state index in [-0.39, 0.29) is 42.2 Å². The van der Waals surface area contributed by atoms with Crippen molar-refractivity contribution >= 4 is 40.9 Å². The first-order chi connectivity index (χ1) is 13.6. The molecule has 3 rings (SSSR count). The molecule has 1 aromatic heterocycles. The molecule has 1 N–H and O–H groups in total. The minimum atomic E-state index is -4.61. The zero-order valence-electron chi connectivity index (χ0n) is 17.5. The Bertz CT molecular complexity index is 962. The van der Waals surface area contributed by atoms with Gasteiger partial charge in [-0.05, 0) is 37.1 Å². The van der Waals surface area contributed by atoms with Crippen molar-refractivity contribution in [2.45, 2.75) is 39.4 Å². The Morgan fingerprint density at radius 2 is 2.07 bits per heavy atom. The van der Waals surface area contributed by atoms with Crippen molar-refractivity contribution in [3.05, 3.63) is 53.6 Å². The van der Waals surface area contributed by atoms with Gasteiger partial charge < -0.3 is 14.6 Å². The molecule has 1 aliphatic carbocycles. The van der Waals surface area contributed by atoms with E-state index in [4.69, 9.17) is 5.26 Å². The van der Waals surface area contributed by atoms with Gasteiger partial charge in [0.15, 0.2) is 0 Å². The van der Waals surface area contributed by atoms with Gasteiger partial charge in [-0.3, -0.25) is 0 Å². The quantitative estimate of drug-likeness (QED) is 0.735. The van der Waals surface area contributed by atoms with Gasteiger partial charge in [-0.15, -0.1) is 0 Å². The molecule has 0 aliphatic heterocycles. The van der Waals surface area contributed by atoms with E-state index in [1.165, 1.54) is 6.07 Å². The Morgan fingerprint density at radius 3 is 2.57 bits per heavy atom. The monoisotopic (exact) mass is 427 g/mol. The van der Waals surface area contributed by atoms with Crippen LogP contribution >= 0.6 is 0 Å². The fourth-order valence-corrected chi connectivity index (χ4v) is 4.37. The number of rotatable bonds is 5. The Hall–Kier alpha value is -1.79. The number of aliphatic hydroxyl groups is 1. The van der Waals surface area contributed by atoms with Gasteiger partial charge in [-0.25, -0.2) is 4.98 Å². The van der Waals surface area contributed by atoms with Crippen LogP contribution in [0.4, 0.5) is 18.9 Å². The van der Waals surface area contributed by atoms with Crippen LogP contribution in [0.1, 0.15) is 38.3 Å². The molecule has 0 amide bonds. The van der Waals surface area contributed by atoms with Crippen molar-refractivity contribution in [3.8, 4) is 6.07 Å². The standard InChI is InChI=1S/C21H23F3N4O.Na/c1-4-28(16-6-5-14(11-25)17(10-16)21(22,23)24)18-9-15(12-29)19(20(18,2)3)27-8-7-26-13-27;/h5-8,10,13,18,29H,4,9,12H2,1-3H3;. The topological polar surface area (TPSA) is 65.1 Å². The summed E-state index contributed by atoms with van der Waals surface area (Å²) in [5.41, 5.74) is 0.363. The van der Waals surface area contributed by atoms with Crippen LogP contribution in [0.5, 0.6) is 0 Å². The van der Waals surface area contributed by atoms with Gasteiger partial charge in [-0.1, -0.05) is 13.8 Å². The molecule has 0 fully saturated rings. The Balaban J connectivity index is 0.00000320. The van der Waals surface area contributed by atoms with Gasteiger partial charge >= 0.3 is 6.18 Å². The number of hydrogen-bond acceptors (Lipinski definition) is 4. The van der Waals surface area contributed by atoms with Crippen molar-refractivity contribution in [1.82, 2.24) is 9.55 Å².